The second-order valence-electron chi connectivity index (χ2n) is 3.94. The predicted molar refractivity (Wildman–Crippen MR) is 73.0 cm³/mol. The summed E-state index contributed by atoms with van der Waals surface area (Å²) in [5.74, 6) is 0.203. The zero-order chi connectivity index (χ0) is 14.4. The summed E-state index contributed by atoms with van der Waals surface area (Å²) in [4.78, 5) is 11.0. The molecule has 0 aliphatic heterocycles. The Kier molecular flexibility index (Phi) is 4.94. The number of aromatic nitrogens is 4. The van der Waals surface area contributed by atoms with Gasteiger partial charge in [-0.3, -0.25) is 0 Å². The molecule has 106 valence electrons. The Hall–Kier alpha value is -2.09. The number of tetrazole rings is 1. The largest absolute Gasteiger partial charge is 0.493 e. The molecule has 1 heterocycles. The van der Waals surface area contributed by atoms with E-state index in [0.29, 0.717) is 12.4 Å². The number of nitrogens with zero attached hydrogens (tertiary/aromatic N) is 4. The maximum atomic E-state index is 11.0. The molecule has 0 spiro atoms. The third-order valence-electron chi connectivity index (χ3n) is 2.48. The summed E-state index contributed by atoms with van der Waals surface area (Å²) in [6.07, 6.45) is 0.769. The van der Waals surface area contributed by atoms with E-state index in [9.17, 15) is 4.79 Å². The fourth-order valence-corrected chi connectivity index (χ4v) is 2.28. The Bertz CT molecular complexity index is 588. The molecule has 0 aliphatic rings. The van der Waals surface area contributed by atoms with Gasteiger partial charge in [0, 0.05) is 12.8 Å². The van der Waals surface area contributed by atoms with Crippen LogP contribution in [0.3, 0.4) is 0 Å². The number of carboxylic acid groups (broad SMARTS) is 1. The van der Waals surface area contributed by atoms with Gasteiger partial charge < -0.3 is 9.84 Å². The first kappa shape index (κ1) is 14.3. The number of carbonyl (C=O) groups is 1. The van der Waals surface area contributed by atoms with E-state index in [1.807, 2.05) is 0 Å². The van der Waals surface area contributed by atoms with Gasteiger partial charge in [-0.1, -0.05) is 23.9 Å². The minimum Gasteiger partial charge on any atom is -0.493 e. The molecule has 0 amide bonds. The number of aromatic carboxylic acids is 1. The molecule has 0 radical (unpaired) electrons. The number of rotatable bonds is 7. The number of aryl methyl sites for hydroxylation is 1. The molecule has 0 unspecified atom stereocenters. The first-order chi connectivity index (χ1) is 9.68. The topological polar surface area (TPSA) is 90.1 Å². The van der Waals surface area contributed by atoms with Crippen LogP contribution >= 0.6 is 11.8 Å². The van der Waals surface area contributed by atoms with Crippen molar-refractivity contribution < 1.29 is 14.6 Å². The predicted octanol–water partition coefficient (Wildman–Crippen LogP) is 1.47. The number of ether oxygens (including phenoxy) is 1. The van der Waals surface area contributed by atoms with Gasteiger partial charge in [-0.25, -0.2) is 9.48 Å². The average molecular weight is 294 g/mol. The average Bonchev–Trinajstić information content (AvgIpc) is 2.84. The van der Waals surface area contributed by atoms with Crippen LogP contribution in [0.1, 0.15) is 16.8 Å². The lowest BCUT2D eigenvalue weighted by Gasteiger charge is -2.08. The lowest BCUT2D eigenvalue weighted by molar-refractivity contribution is 0.0692. The number of hydrogen-bond donors (Lipinski definition) is 1. The highest BCUT2D eigenvalue weighted by atomic mass is 32.2. The summed E-state index contributed by atoms with van der Waals surface area (Å²) in [7, 11) is 1.78. The maximum Gasteiger partial charge on any atom is 0.339 e. The summed E-state index contributed by atoms with van der Waals surface area (Å²) in [6.45, 7) is 0.447. The zero-order valence-corrected chi connectivity index (χ0v) is 11.7. The van der Waals surface area contributed by atoms with Gasteiger partial charge in [0.25, 0.3) is 0 Å². The smallest absolute Gasteiger partial charge is 0.339 e. The summed E-state index contributed by atoms with van der Waals surface area (Å²) in [5, 5.41) is 20.9. The Morgan fingerprint density at radius 3 is 2.95 bits per heavy atom. The molecule has 1 N–H and O–H groups in total. The lowest BCUT2D eigenvalue weighted by Crippen LogP contribution is -2.05. The fraction of sp³-hybridized carbons (Fsp3) is 0.333. The van der Waals surface area contributed by atoms with Crippen molar-refractivity contribution >= 4 is 17.7 Å². The molecule has 0 saturated heterocycles. The van der Waals surface area contributed by atoms with Gasteiger partial charge in [-0.15, -0.1) is 5.10 Å². The van der Waals surface area contributed by atoms with Crippen LogP contribution in [0, 0.1) is 0 Å². The van der Waals surface area contributed by atoms with Crippen LogP contribution < -0.4 is 4.74 Å². The van der Waals surface area contributed by atoms with Crippen LogP contribution in [0.4, 0.5) is 0 Å². The molecule has 2 rings (SSSR count). The first-order valence-corrected chi connectivity index (χ1v) is 6.97. The van der Waals surface area contributed by atoms with Gasteiger partial charge in [0.2, 0.25) is 5.16 Å². The van der Waals surface area contributed by atoms with Crippen LogP contribution in [-0.2, 0) is 7.05 Å². The molecule has 0 aliphatic carbocycles. The van der Waals surface area contributed by atoms with Gasteiger partial charge in [-0.2, -0.15) is 0 Å². The molecule has 7 nitrogen and oxygen atoms in total. The SMILES string of the molecule is Cn1nnnc1SCCCOc1ccccc1C(=O)O. The van der Waals surface area contributed by atoms with E-state index in [2.05, 4.69) is 15.5 Å². The van der Waals surface area contributed by atoms with Gasteiger partial charge in [0.1, 0.15) is 11.3 Å². The van der Waals surface area contributed by atoms with E-state index in [4.69, 9.17) is 9.84 Å². The molecule has 0 saturated carbocycles. The third kappa shape index (κ3) is 3.70. The lowest BCUT2D eigenvalue weighted by atomic mass is 10.2. The molecule has 0 fully saturated rings. The van der Waals surface area contributed by atoms with E-state index < -0.39 is 5.97 Å². The normalized spacial score (nSPS) is 10.4. The molecular formula is C12H14N4O3S. The standard InChI is InChI=1S/C12H14N4O3S/c1-16-12(13-14-15-16)20-8-4-7-19-10-6-3-2-5-9(10)11(17)18/h2-3,5-6H,4,7-8H2,1H3,(H,17,18). The monoisotopic (exact) mass is 294 g/mol. The minimum absolute atomic E-state index is 0.178. The quantitative estimate of drug-likeness (QED) is 0.610. The van der Waals surface area contributed by atoms with Gasteiger partial charge in [-0.05, 0) is 29.0 Å². The van der Waals surface area contributed by atoms with Crippen molar-refractivity contribution in [1.82, 2.24) is 20.2 Å². The van der Waals surface area contributed by atoms with E-state index in [0.717, 1.165) is 17.3 Å². The number of thioether (sulfide) groups is 1. The summed E-state index contributed by atoms with van der Waals surface area (Å²) in [5.41, 5.74) is 0.178. The fourth-order valence-electron chi connectivity index (χ4n) is 1.52. The van der Waals surface area contributed by atoms with Crippen LogP contribution in [0.5, 0.6) is 5.75 Å². The Balaban J connectivity index is 1.76. The Morgan fingerprint density at radius 1 is 1.45 bits per heavy atom. The minimum atomic E-state index is -0.986. The highest BCUT2D eigenvalue weighted by Crippen LogP contribution is 2.19. The maximum absolute atomic E-state index is 11.0. The van der Waals surface area contributed by atoms with Crippen molar-refractivity contribution in [2.24, 2.45) is 7.05 Å². The number of benzene rings is 1. The van der Waals surface area contributed by atoms with Crippen molar-refractivity contribution in [2.45, 2.75) is 11.6 Å². The molecule has 1 aromatic heterocycles. The third-order valence-corrected chi connectivity index (χ3v) is 3.57. The van der Waals surface area contributed by atoms with Crippen LogP contribution in [0.2, 0.25) is 0 Å². The zero-order valence-electron chi connectivity index (χ0n) is 10.9. The van der Waals surface area contributed by atoms with Crippen LogP contribution in [0.25, 0.3) is 0 Å². The van der Waals surface area contributed by atoms with Gasteiger partial charge in [0.15, 0.2) is 0 Å². The Labute approximate surface area is 119 Å². The second kappa shape index (κ2) is 6.90. The molecule has 0 atom stereocenters. The number of carboxylic acids is 1. The van der Waals surface area contributed by atoms with E-state index >= 15 is 0 Å². The van der Waals surface area contributed by atoms with Gasteiger partial charge >= 0.3 is 5.97 Å². The molecule has 20 heavy (non-hydrogen) atoms. The molecular weight excluding hydrogens is 280 g/mol. The van der Waals surface area contributed by atoms with Crippen molar-refractivity contribution in [3.63, 3.8) is 0 Å². The van der Waals surface area contributed by atoms with Crippen molar-refractivity contribution in [1.29, 1.82) is 0 Å². The molecule has 8 heteroatoms. The van der Waals surface area contributed by atoms with E-state index in [1.54, 1.807) is 29.9 Å². The highest BCUT2D eigenvalue weighted by molar-refractivity contribution is 7.99. The molecule has 0 bridgehead atoms. The van der Waals surface area contributed by atoms with Crippen molar-refractivity contribution in [3.8, 4) is 5.75 Å². The Morgan fingerprint density at radius 2 is 2.25 bits per heavy atom. The summed E-state index contributed by atoms with van der Waals surface area (Å²) < 4.78 is 7.10. The molecule has 2 aromatic rings. The second-order valence-corrected chi connectivity index (χ2v) is 5.00. The van der Waals surface area contributed by atoms with E-state index in [1.165, 1.54) is 17.8 Å². The summed E-state index contributed by atoms with van der Waals surface area (Å²) in [6, 6.07) is 6.61. The van der Waals surface area contributed by atoms with Crippen LogP contribution in [0.15, 0.2) is 29.4 Å². The first-order valence-electron chi connectivity index (χ1n) is 5.99. The van der Waals surface area contributed by atoms with Crippen LogP contribution in [-0.4, -0.2) is 43.6 Å². The summed E-state index contributed by atoms with van der Waals surface area (Å²) >= 11 is 1.53. The molecule has 1 aromatic carbocycles. The van der Waals surface area contributed by atoms with Crippen molar-refractivity contribution in [2.75, 3.05) is 12.4 Å². The number of hydrogen-bond acceptors (Lipinski definition) is 6. The van der Waals surface area contributed by atoms with E-state index in [-0.39, 0.29) is 5.56 Å². The number of para-hydroxylation sites is 1. The highest BCUT2D eigenvalue weighted by Gasteiger charge is 2.09. The van der Waals surface area contributed by atoms with Gasteiger partial charge in [0.05, 0.1) is 6.61 Å². The van der Waals surface area contributed by atoms with Crippen molar-refractivity contribution in [3.05, 3.63) is 29.8 Å².